The van der Waals surface area contributed by atoms with Gasteiger partial charge in [0.25, 0.3) is 5.69 Å². The molecule has 1 unspecified atom stereocenters. The zero-order valence-corrected chi connectivity index (χ0v) is 14.4. The molecule has 0 spiro atoms. The van der Waals surface area contributed by atoms with E-state index in [4.69, 9.17) is 11.6 Å². The quantitative estimate of drug-likeness (QED) is 0.537. The molecule has 1 atom stereocenters. The van der Waals surface area contributed by atoms with Gasteiger partial charge in [0, 0.05) is 29.8 Å². The van der Waals surface area contributed by atoms with E-state index < -0.39 is 11.0 Å². The standard InChI is InChI=1S/C18H14ClN3O4/c1-10(23)21-16(11-4-6-12(19)7-5-11)14-9-15(22(25)26)13-3-2-8-20-17(13)18(14)24/h2-9,16,24H,1H3,(H,21,23). The van der Waals surface area contributed by atoms with Gasteiger partial charge in [0.05, 0.1) is 16.4 Å². The Hall–Kier alpha value is -3.19. The van der Waals surface area contributed by atoms with Crippen molar-refractivity contribution in [1.29, 1.82) is 0 Å². The number of amides is 1. The lowest BCUT2D eigenvalue weighted by Crippen LogP contribution is -2.27. The highest BCUT2D eigenvalue weighted by Crippen LogP contribution is 2.39. The van der Waals surface area contributed by atoms with Crippen LogP contribution >= 0.6 is 11.6 Å². The second kappa shape index (κ2) is 6.97. The third-order valence-corrected chi connectivity index (χ3v) is 4.18. The van der Waals surface area contributed by atoms with Crippen molar-refractivity contribution >= 4 is 34.1 Å². The Bertz CT molecular complexity index is 1010. The molecule has 2 N–H and O–H groups in total. The minimum atomic E-state index is -0.796. The van der Waals surface area contributed by atoms with Gasteiger partial charge in [-0.25, -0.2) is 0 Å². The lowest BCUT2D eigenvalue weighted by Gasteiger charge is -2.20. The van der Waals surface area contributed by atoms with Crippen LogP contribution < -0.4 is 5.32 Å². The van der Waals surface area contributed by atoms with E-state index in [1.165, 1.54) is 25.3 Å². The highest BCUT2D eigenvalue weighted by atomic mass is 35.5. The van der Waals surface area contributed by atoms with Crippen LogP contribution in [0.25, 0.3) is 10.9 Å². The minimum Gasteiger partial charge on any atom is -0.505 e. The van der Waals surface area contributed by atoms with Gasteiger partial charge in [-0.2, -0.15) is 0 Å². The number of halogens is 1. The number of nitro benzene ring substituents is 1. The van der Waals surface area contributed by atoms with Gasteiger partial charge in [0.2, 0.25) is 5.91 Å². The number of nitrogens with zero attached hydrogens (tertiary/aromatic N) is 2. The molecule has 1 aromatic heterocycles. The second-order valence-corrected chi connectivity index (χ2v) is 6.11. The minimum absolute atomic E-state index is 0.0982. The molecule has 3 aromatic rings. The first-order valence-electron chi connectivity index (χ1n) is 7.66. The molecule has 0 radical (unpaired) electrons. The summed E-state index contributed by atoms with van der Waals surface area (Å²) in [5.74, 6) is -0.576. The number of hydrogen-bond acceptors (Lipinski definition) is 5. The predicted octanol–water partition coefficient (Wildman–Crippen LogP) is 3.73. The predicted molar refractivity (Wildman–Crippen MR) is 97.2 cm³/mol. The maximum absolute atomic E-state index is 11.7. The van der Waals surface area contributed by atoms with Crippen LogP contribution in [0.15, 0.2) is 48.7 Å². The summed E-state index contributed by atoms with van der Waals surface area (Å²) < 4.78 is 0. The van der Waals surface area contributed by atoms with Gasteiger partial charge >= 0.3 is 0 Å². The van der Waals surface area contributed by atoms with Gasteiger partial charge in [0.15, 0.2) is 0 Å². The summed E-state index contributed by atoms with van der Waals surface area (Å²) in [6, 6.07) is 10.2. The lowest BCUT2D eigenvalue weighted by atomic mass is 9.95. The van der Waals surface area contributed by atoms with Crippen molar-refractivity contribution < 1.29 is 14.8 Å². The number of rotatable bonds is 4. The number of benzene rings is 2. The number of carbonyl (C=O) groups is 1. The maximum Gasteiger partial charge on any atom is 0.279 e. The largest absolute Gasteiger partial charge is 0.505 e. The van der Waals surface area contributed by atoms with Crippen molar-refractivity contribution in [1.82, 2.24) is 10.3 Å². The fraction of sp³-hybridized carbons (Fsp3) is 0.111. The molecule has 0 aliphatic carbocycles. The van der Waals surface area contributed by atoms with Gasteiger partial charge < -0.3 is 10.4 Å². The van der Waals surface area contributed by atoms with Gasteiger partial charge in [-0.15, -0.1) is 0 Å². The van der Waals surface area contributed by atoms with Crippen LogP contribution in [0.1, 0.15) is 24.1 Å². The molecular weight excluding hydrogens is 358 g/mol. The molecule has 26 heavy (non-hydrogen) atoms. The van der Waals surface area contributed by atoms with Gasteiger partial charge in [-0.3, -0.25) is 19.9 Å². The van der Waals surface area contributed by atoms with E-state index in [1.807, 2.05) is 0 Å². The van der Waals surface area contributed by atoms with E-state index in [9.17, 15) is 20.0 Å². The average Bonchev–Trinajstić information content (AvgIpc) is 2.61. The monoisotopic (exact) mass is 371 g/mol. The van der Waals surface area contributed by atoms with Crippen LogP contribution in [-0.4, -0.2) is 20.9 Å². The van der Waals surface area contributed by atoms with Crippen molar-refractivity contribution in [3.05, 3.63) is 74.9 Å². The number of carbonyl (C=O) groups excluding carboxylic acids is 1. The van der Waals surface area contributed by atoms with E-state index >= 15 is 0 Å². The smallest absolute Gasteiger partial charge is 0.279 e. The van der Waals surface area contributed by atoms with Crippen molar-refractivity contribution in [2.24, 2.45) is 0 Å². The zero-order valence-electron chi connectivity index (χ0n) is 13.6. The Labute approximate surface area is 153 Å². The van der Waals surface area contributed by atoms with Crippen molar-refractivity contribution in [2.45, 2.75) is 13.0 Å². The molecule has 0 fully saturated rings. The summed E-state index contributed by atoms with van der Waals surface area (Å²) in [6.45, 7) is 1.33. The Morgan fingerprint density at radius 1 is 1.31 bits per heavy atom. The zero-order chi connectivity index (χ0) is 18.8. The molecule has 8 heteroatoms. The lowest BCUT2D eigenvalue weighted by molar-refractivity contribution is -0.383. The summed E-state index contributed by atoms with van der Waals surface area (Å²) in [7, 11) is 0. The number of phenols is 1. The van der Waals surface area contributed by atoms with Crippen LogP contribution in [0.3, 0.4) is 0 Å². The van der Waals surface area contributed by atoms with E-state index in [0.717, 1.165) is 0 Å². The third-order valence-electron chi connectivity index (χ3n) is 3.93. The number of phenolic OH excluding ortho intramolecular Hbond substituents is 1. The second-order valence-electron chi connectivity index (χ2n) is 5.68. The number of pyridine rings is 1. The third kappa shape index (κ3) is 3.29. The molecule has 0 aliphatic rings. The van der Waals surface area contributed by atoms with E-state index in [1.54, 1.807) is 30.3 Å². The fourth-order valence-corrected chi connectivity index (χ4v) is 2.93. The molecule has 1 amide bonds. The van der Waals surface area contributed by atoms with Crippen LogP contribution in [0.2, 0.25) is 5.02 Å². The maximum atomic E-state index is 11.7. The number of aromatic nitrogens is 1. The van der Waals surface area contributed by atoms with Crippen molar-refractivity contribution in [2.75, 3.05) is 0 Å². The number of nitrogens with one attached hydrogen (secondary N) is 1. The molecule has 1 heterocycles. The van der Waals surface area contributed by atoms with E-state index in [0.29, 0.717) is 10.6 Å². The number of aromatic hydroxyl groups is 1. The molecule has 0 bridgehead atoms. The highest BCUT2D eigenvalue weighted by molar-refractivity contribution is 6.30. The molecule has 2 aromatic carbocycles. The Balaban J connectivity index is 2.28. The SMILES string of the molecule is CC(=O)NC(c1ccc(Cl)cc1)c1cc([N+](=O)[O-])c2cccnc2c1O. The number of nitro groups is 1. The molecule has 0 saturated carbocycles. The van der Waals surface area contributed by atoms with Crippen LogP contribution in [0.4, 0.5) is 5.69 Å². The first-order valence-corrected chi connectivity index (χ1v) is 8.04. The molecule has 132 valence electrons. The molecule has 0 saturated heterocycles. The van der Waals surface area contributed by atoms with Gasteiger partial charge in [-0.1, -0.05) is 23.7 Å². The van der Waals surface area contributed by atoms with E-state index in [-0.39, 0.29) is 33.8 Å². The van der Waals surface area contributed by atoms with Crippen molar-refractivity contribution in [3.63, 3.8) is 0 Å². The molecule has 0 aliphatic heterocycles. The fourth-order valence-electron chi connectivity index (χ4n) is 2.80. The number of fused-ring (bicyclic) bond motifs is 1. The number of non-ortho nitro benzene ring substituents is 1. The molecule has 7 nitrogen and oxygen atoms in total. The first-order chi connectivity index (χ1) is 12.4. The first kappa shape index (κ1) is 17.6. The normalized spacial score (nSPS) is 11.9. The van der Waals surface area contributed by atoms with E-state index in [2.05, 4.69) is 10.3 Å². The number of hydrogen-bond donors (Lipinski definition) is 2. The molecular formula is C18H14ClN3O4. The Morgan fingerprint density at radius 3 is 2.62 bits per heavy atom. The van der Waals surface area contributed by atoms with Crippen LogP contribution in [0.5, 0.6) is 5.75 Å². The summed E-state index contributed by atoms with van der Waals surface area (Å²) in [5, 5.41) is 25.6. The summed E-state index contributed by atoms with van der Waals surface area (Å²) >= 11 is 5.91. The summed E-state index contributed by atoms with van der Waals surface area (Å²) in [5.41, 5.74) is 0.691. The van der Waals surface area contributed by atoms with Gasteiger partial charge in [0.1, 0.15) is 11.3 Å². The average molecular weight is 372 g/mol. The highest BCUT2D eigenvalue weighted by Gasteiger charge is 2.26. The Morgan fingerprint density at radius 2 is 2.00 bits per heavy atom. The summed E-state index contributed by atoms with van der Waals surface area (Å²) in [4.78, 5) is 26.7. The summed E-state index contributed by atoms with van der Waals surface area (Å²) in [6.07, 6.45) is 1.44. The molecule has 3 rings (SSSR count). The Kier molecular flexibility index (Phi) is 4.73. The van der Waals surface area contributed by atoms with Gasteiger partial charge in [-0.05, 0) is 29.8 Å². The topological polar surface area (TPSA) is 105 Å². The van der Waals surface area contributed by atoms with Crippen LogP contribution in [-0.2, 0) is 4.79 Å². The van der Waals surface area contributed by atoms with Crippen LogP contribution in [0, 0.1) is 10.1 Å². The van der Waals surface area contributed by atoms with Crippen molar-refractivity contribution in [3.8, 4) is 5.75 Å².